The van der Waals surface area contributed by atoms with Crippen LogP contribution in [0.1, 0.15) is 16.7 Å². The maximum absolute atomic E-state index is 9.83. The van der Waals surface area contributed by atoms with Gasteiger partial charge in [-0.1, -0.05) is 11.3 Å². The molecule has 0 bridgehead atoms. The summed E-state index contributed by atoms with van der Waals surface area (Å²) in [5.41, 5.74) is 9.34. The Labute approximate surface area is 86.2 Å². The Morgan fingerprint density at radius 2 is 1.79 bits per heavy atom. The summed E-state index contributed by atoms with van der Waals surface area (Å²) in [4.78, 5) is 4.26. The summed E-state index contributed by atoms with van der Waals surface area (Å²) >= 11 is 1.42. The van der Waals surface area contributed by atoms with Gasteiger partial charge in [-0.05, 0) is 31.9 Å². The van der Waals surface area contributed by atoms with Crippen LogP contribution in [0.2, 0.25) is 0 Å². The average Bonchev–Trinajstić information content (AvgIpc) is 2.54. The van der Waals surface area contributed by atoms with Crippen LogP contribution in [0.5, 0.6) is 5.75 Å². The Kier molecular flexibility index (Phi) is 1.89. The van der Waals surface area contributed by atoms with Gasteiger partial charge in [0, 0.05) is 5.56 Å². The number of phenols is 1. The van der Waals surface area contributed by atoms with E-state index in [4.69, 9.17) is 5.73 Å². The zero-order chi connectivity index (χ0) is 10.5. The first kappa shape index (κ1) is 9.27. The van der Waals surface area contributed by atoms with Crippen molar-refractivity contribution in [3.8, 4) is 5.75 Å². The Hall–Kier alpha value is -1.29. The third-order valence-electron chi connectivity index (χ3n) is 2.61. The Balaban J connectivity index is 3.01. The quantitative estimate of drug-likeness (QED) is 0.699. The molecule has 2 aromatic rings. The van der Waals surface area contributed by atoms with E-state index in [-0.39, 0.29) is 0 Å². The minimum Gasteiger partial charge on any atom is -0.507 e. The number of nitrogens with two attached hydrogens (primary N) is 1. The molecular weight excluding hydrogens is 196 g/mol. The molecule has 4 heteroatoms. The van der Waals surface area contributed by atoms with Crippen LogP contribution in [0.25, 0.3) is 10.2 Å². The topological polar surface area (TPSA) is 59.1 Å². The molecular formula is C10H12N2OS. The molecule has 0 saturated heterocycles. The predicted molar refractivity (Wildman–Crippen MR) is 59.9 cm³/mol. The van der Waals surface area contributed by atoms with Gasteiger partial charge in [-0.2, -0.15) is 0 Å². The Morgan fingerprint density at radius 3 is 2.43 bits per heavy atom. The molecule has 0 aliphatic carbocycles. The van der Waals surface area contributed by atoms with Crippen molar-refractivity contribution in [2.24, 2.45) is 0 Å². The third-order valence-corrected chi connectivity index (χ3v) is 3.62. The van der Waals surface area contributed by atoms with E-state index < -0.39 is 0 Å². The summed E-state index contributed by atoms with van der Waals surface area (Å²) in [6.07, 6.45) is 0. The van der Waals surface area contributed by atoms with E-state index in [1.807, 2.05) is 20.8 Å². The number of aromatic hydroxyl groups is 1. The molecule has 3 nitrogen and oxygen atoms in total. The van der Waals surface area contributed by atoms with E-state index in [0.717, 1.165) is 26.9 Å². The average molecular weight is 208 g/mol. The van der Waals surface area contributed by atoms with Crippen LogP contribution in [0.15, 0.2) is 0 Å². The van der Waals surface area contributed by atoms with Crippen LogP contribution in [-0.2, 0) is 0 Å². The second-order valence-electron chi connectivity index (χ2n) is 3.45. The van der Waals surface area contributed by atoms with Crippen molar-refractivity contribution in [1.29, 1.82) is 0 Å². The van der Waals surface area contributed by atoms with Crippen molar-refractivity contribution >= 4 is 26.7 Å². The SMILES string of the molecule is Cc1c(O)c(C)c2sc(N)nc2c1C. The molecule has 0 atom stereocenters. The van der Waals surface area contributed by atoms with E-state index in [9.17, 15) is 5.11 Å². The molecule has 0 saturated carbocycles. The normalized spacial score (nSPS) is 11.1. The molecule has 74 valence electrons. The smallest absolute Gasteiger partial charge is 0.181 e. The highest BCUT2D eigenvalue weighted by Crippen LogP contribution is 2.37. The summed E-state index contributed by atoms with van der Waals surface area (Å²) in [5, 5.41) is 10.4. The first-order valence-electron chi connectivity index (χ1n) is 4.37. The van der Waals surface area contributed by atoms with Crippen molar-refractivity contribution in [2.45, 2.75) is 20.8 Å². The predicted octanol–water partition coefficient (Wildman–Crippen LogP) is 2.51. The van der Waals surface area contributed by atoms with Gasteiger partial charge in [-0.3, -0.25) is 0 Å². The summed E-state index contributed by atoms with van der Waals surface area (Å²) in [5.74, 6) is 0.360. The number of benzene rings is 1. The second-order valence-corrected chi connectivity index (χ2v) is 4.48. The molecule has 1 aromatic carbocycles. The number of hydrogen-bond donors (Lipinski definition) is 2. The number of nitrogen functional groups attached to an aromatic ring is 1. The number of thiazole rings is 1. The highest BCUT2D eigenvalue weighted by Gasteiger charge is 2.14. The fourth-order valence-electron chi connectivity index (χ4n) is 1.59. The van der Waals surface area contributed by atoms with Crippen molar-refractivity contribution in [1.82, 2.24) is 4.98 Å². The van der Waals surface area contributed by atoms with Crippen molar-refractivity contribution < 1.29 is 5.11 Å². The summed E-state index contributed by atoms with van der Waals surface area (Å²) < 4.78 is 0.989. The number of rotatable bonds is 0. The van der Waals surface area contributed by atoms with Gasteiger partial charge < -0.3 is 10.8 Å². The first-order valence-corrected chi connectivity index (χ1v) is 5.18. The number of nitrogens with zero attached hydrogens (tertiary/aromatic N) is 1. The molecule has 0 fully saturated rings. The number of aromatic nitrogens is 1. The summed E-state index contributed by atoms with van der Waals surface area (Å²) in [6.45, 7) is 5.74. The molecule has 1 aromatic heterocycles. The Bertz CT molecular complexity index is 472. The number of phenolic OH excluding ortho intramolecular Hbond substituents is 1. The largest absolute Gasteiger partial charge is 0.507 e. The number of fused-ring (bicyclic) bond motifs is 1. The van der Waals surface area contributed by atoms with Gasteiger partial charge >= 0.3 is 0 Å². The van der Waals surface area contributed by atoms with Gasteiger partial charge in [0.2, 0.25) is 0 Å². The molecule has 0 amide bonds. The van der Waals surface area contributed by atoms with Crippen LogP contribution >= 0.6 is 11.3 Å². The number of hydrogen-bond acceptors (Lipinski definition) is 4. The van der Waals surface area contributed by atoms with Crippen molar-refractivity contribution in [3.63, 3.8) is 0 Å². The third kappa shape index (κ3) is 1.07. The van der Waals surface area contributed by atoms with E-state index >= 15 is 0 Å². The lowest BCUT2D eigenvalue weighted by Gasteiger charge is -2.07. The minimum atomic E-state index is 0.360. The van der Waals surface area contributed by atoms with Gasteiger partial charge in [0.25, 0.3) is 0 Å². The fraction of sp³-hybridized carbons (Fsp3) is 0.300. The molecule has 0 spiro atoms. The zero-order valence-corrected chi connectivity index (χ0v) is 9.20. The lowest BCUT2D eigenvalue weighted by atomic mass is 10.0. The highest BCUT2D eigenvalue weighted by molar-refractivity contribution is 7.22. The second kappa shape index (κ2) is 2.85. The first-order chi connectivity index (χ1) is 6.52. The maximum Gasteiger partial charge on any atom is 0.181 e. The van der Waals surface area contributed by atoms with E-state index in [0.29, 0.717) is 10.9 Å². The standard InChI is InChI=1S/C10H12N2OS/c1-4-5(2)8(13)6(3)9-7(4)12-10(11)14-9/h13H,1-3H3,(H2,11,12). The van der Waals surface area contributed by atoms with Crippen molar-refractivity contribution in [2.75, 3.05) is 5.73 Å². The molecule has 3 N–H and O–H groups in total. The number of aryl methyl sites for hydroxylation is 2. The van der Waals surface area contributed by atoms with Crippen LogP contribution in [0.3, 0.4) is 0 Å². The van der Waals surface area contributed by atoms with Crippen LogP contribution in [0, 0.1) is 20.8 Å². The van der Waals surface area contributed by atoms with Gasteiger partial charge in [0.15, 0.2) is 5.13 Å². The fourth-order valence-corrected chi connectivity index (χ4v) is 2.48. The van der Waals surface area contributed by atoms with Crippen LogP contribution in [0.4, 0.5) is 5.13 Å². The minimum absolute atomic E-state index is 0.360. The Morgan fingerprint density at radius 1 is 1.14 bits per heavy atom. The lowest BCUT2D eigenvalue weighted by molar-refractivity contribution is 0.467. The monoisotopic (exact) mass is 208 g/mol. The summed E-state index contributed by atoms with van der Waals surface area (Å²) in [7, 11) is 0. The lowest BCUT2D eigenvalue weighted by Crippen LogP contribution is -1.88. The van der Waals surface area contributed by atoms with Gasteiger partial charge in [0.05, 0.1) is 10.2 Å². The molecule has 0 unspecified atom stereocenters. The summed E-state index contributed by atoms with van der Waals surface area (Å²) in [6, 6.07) is 0. The van der Waals surface area contributed by atoms with Crippen LogP contribution < -0.4 is 5.73 Å². The molecule has 2 rings (SSSR count). The van der Waals surface area contributed by atoms with Gasteiger partial charge in [0.1, 0.15) is 5.75 Å². The van der Waals surface area contributed by atoms with E-state index in [1.165, 1.54) is 11.3 Å². The van der Waals surface area contributed by atoms with Crippen LogP contribution in [-0.4, -0.2) is 10.1 Å². The molecule has 14 heavy (non-hydrogen) atoms. The van der Waals surface area contributed by atoms with E-state index in [1.54, 1.807) is 0 Å². The maximum atomic E-state index is 9.83. The van der Waals surface area contributed by atoms with Gasteiger partial charge in [-0.25, -0.2) is 4.98 Å². The van der Waals surface area contributed by atoms with E-state index in [2.05, 4.69) is 4.98 Å². The molecule has 0 radical (unpaired) electrons. The zero-order valence-electron chi connectivity index (χ0n) is 8.38. The van der Waals surface area contributed by atoms with Crippen molar-refractivity contribution in [3.05, 3.63) is 16.7 Å². The molecule has 0 aliphatic heterocycles. The molecule has 0 aliphatic rings. The number of anilines is 1. The van der Waals surface area contributed by atoms with Gasteiger partial charge in [-0.15, -0.1) is 0 Å². The highest BCUT2D eigenvalue weighted by atomic mass is 32.1. The molecule has 1 heterocycles.